The Morgan fingerprint density at radius 1 is 1.20 bits per heavy atom. The van der Waals surface area contributed by atoms with Crippen LogP contribution in [0, 0.1) is 0 Å². The Bertz CT molecular complexity index is 1070. The number of nitrogens with zero attached hydrogens (tertiary/aromatic N) is 1. The van der Waals surface area contributed by atoms with Crippen molar-refractivity contribution in [2.24, 2.45) is 0 Å². The van der Waals surface area contributed by atoms with Crippen molar-refractivity contribution in [2.75, 3.05) is 32.6 Å². The van der Waals surface area contributed by atoms with Crippen molar-refractivity contribution in [1.82, 2.24) is 4.31 Å². The summed E-state index contributed by atoms with van der Waals surface area (Å²) in [5, 5.41) is 2.48. The molecule has 0 saturated heterocycles. The molecule has 1 aliphatic heterocycles. The van der Waals surface area contributed by atoms with Gasteiger partial charge in [0.05, 0.1) is 5.02 Å². The molecule has 0 unspecified atom stereocenters. The van der Waals surface area contributed by atoms with Gasteiger partial charge in [-0.05, 0) is 30.3 Å². The van der Waals surface area contributed by atoms with Crippen LogP contribution in [0.2, 0.25) is 5.02 Å². The number of carbonyl (C=O) groups is 2. The number of hydrogen-bond acceptors (Lipinski definition) is 7. The molecule has 0 aromatic heterocycles. The van der Waals surface area contributed by atoms with E-state index in [1.54, 1.807) is 24.3 Å². The third-order valence-electron chi connectivity index (χ3n) is 4.09. The lowest BCUT2D eigenvalue weighted by molar-refractivity contribution is -0.156. The van der Waals surface area contributed by atoms with E-state index in [-0.39, 0.29) is 22.2 Å². The van der Waals surface area contributed by atoms with Crippen molar-refractivity contribution in [2.45, 2.75) is 11.0 Å². The second-order valence-corrected chi connectivity index (χ2v) is 8.98. The lowest BCUT2D eigenvalue weighted by Gasteiger charge is -2.24. The minimum Gasteiger partial charge on any atom is -0.485 e. The van der Waals surface area contributed by atoms with Gasteiger partial charge >= 0.3 is 5.97 Å². The number of carbonyl (C=O) groups excluding carboxylic acids is 2. The van der Waals surface area contributed by atoms with Crippen LogP contribution in [0.3, 0.4) is 0 Å². The number of anilines is 1. The summed E-state index contributed by atoms with van der Waals surface area (Å²) in [6.45, 7) is -0.626. The van der Waals surface area contributed by atoms with E-state index in [2.05, 4.69) is 5.32 Å². The van der Waals surface area contributed by atoms with E-state index in [0.717, 1.165) is 4.31 Å². The molecule has 1 aliphatic rings. The van der Waals surface area contributed by atoms with E-state index < -0.39 is 34.6 Å². The molecule has 0 radical (unpaired) electrons. The van der Waals surface area contributed by atoms with Gasteiger partial charge in [-0.3, -0.25) is 4.79 Å². The molecular weight excluding hydrogens is 436 g/mol. The van der Waals surface area contributed by atoms with Gasteiger partial charge in [0.1, 0.15) is 11.5 Å². The van der Waals surface area contributed by atoms with E-state index >= 15 is 0 Å². The molecule has 11 heteroatoms. The summed E-state index contributed by atoms with van der Waals surface area (Å²) in [6, 6.07) is 10.9. The molecule has 1 atom stereocenters. The number of nitrogens with one attached hydrogen (secondary N) is 1. The van der Waals surface area contributed by atoms with Crippen molar-refractivity contribution in [3.05, 3.63) is 47.5 Å². The Morgan fingerprint density at radius 2 is 1.90 bits per heavy atom. The van der Waals surface area contributed by atoms with Gasteiger partial charge < -0.3 is 19.5 Å². The van der Waals surface area contributed by atoms with Crippen LogP contribution in [0.25, 0.3) is 0 Å². The van der Waals surface area contributed by atoms with Crippen LogP contribution < -0.4 is 14.8 Å². The summed E-state index contributed by atoms with van der Waals surface area (Å²) in [5.74, 6) is -0.487. The first kappa shape index (κ1) is 21.9. The third-order valence-corrected chi connectivity index (χ3v) is 6.39. The van der Waals surface area contributed by atoms with E-state index in [9.17, 15) is 18.0 Å². The zero-order valence-corrected chi connectivity index (χ0v) is 17.7. The number of hydrogen-bond donors (Lipinski definition) is 1. The zero-order valence-electron chi connectivity index (χ0n) is 16.1. The predicted molar refractivity (Wildman–Crippen MR) is 108 cm³/mol. The SMILES string of the molecule is CN(C)S(=O)(=O)c1cc(NC(=O)COC(=O)[C@@H]2COc3ccccc3O2)ccc1Cl. The Hall–Kier alpha value is -2.82. The highest BCUT2D eigenvalue weighted by molar-refractivity contribution is 7.89. The Balaban J connectivity index is 1.58. The Kier molecular flexibility index (Phi) is 6.49. The molecule has 0 bridgehead atoms. The summed E-state index contributed by atoms with van der Waals surface area (Å²) in [5.41, 5.74) is 0.187. The molecule has 1 N–H and O–H groups in total. The number of halogens is 1. The van der Waals surface area contributed by atoms with Crippen LogP contribution in [0.15, 0.2) is 47.4 Å². The fourth-order valence-electron chi connectivity index (χ4n) is 2.54. The lowest BCUT2D eigenvalue weighted by Crippen LogP contribution is -2.39. The molecule has 0 saturated carbocycles. The van der Waals surface area contributed by atoms with E-state index in [1.165, 1.54) is 32.3 Å². The summed E-state index contributed by atoms with van der Waals surface area (Å²) in [7, 11) is -1.06. The van der Waals surface area contributed by atoms with Gasteiger partial charge in [-0.25, -0.2) is 17.5 Å². The van der Waals surface area contributed by atoms with Crippen molar-refractivity contribution in [3.8, 4) is 11.5 Å². The number of amides is 1. The first-order valence-electron chi connectivity index (χ1n) is 8.75. The molecule has 1 heterocycles. The van der Waals surface area contributed by atoms with Gasteiger partial charge in [-0.1, -0.05) is 23.7 Å². The average molecular weight is 455 g/mol. The van der Waals surface area contributed by atoms with Crippen LogP contribution in [-0.2, 0) is 24.3 Å². The van der Waals surface area contributed by atoms with Gasteiger partial charge in [-0.15, -0.1) is 0 Å². The smallest absolute Gasteiger partial charge is 0.351 e. The average Bonchev–Trinajstić information content (AvgIpc) is 2.72. The fourth-order valence-corrected chi connectivity index (χ4v) is 3.93. The van der Waals surface area contributed by atoms with Gasteiger partial charge in [-0.2, -0.15) is 0 Å². The molecule has 0 fully saturated rings. The molecule has 0 aliphatic carbocycles. The van der Waals surface area contributed by atoms with Crippen LogP contribution >= 0.6 is 11.6 Å². The maximum atomic E-state index is 12.3. The minimum atomic E-state index is -3.80. The third kappa shape index (κ3) is 4.84. The van der Waals surface area contributed by atoms with Gasteiger partial charge in [0.15, 0.2) is 18.1 Å². The van der Waals surface area contributed by atoms with Crippen molar-refractivity contribution in [3.63, 3.8) is 0 Å². The standard InChI is InChI=1S/C19H19ClN2O7S/c1-22(2)30(25,26)17-9-12(7-8-13(17)20)21-18(23)11-28-19(24)16-10-27-14-5-3-4-6-15(14)29-16/h3-9,16H,10-11H2,1-2H3,(H,21,23)/t16-/m0/s1. The number of para-hydroxylation sites is 2. The molecule has 9 nitrogen and oxygen atoms in total. The van der Waals surface area contributed by atoms with Crippen molar-refractivity contribution in [1.29, 1.82) is 0 Å². The van der Waals surface area contributed by atoms with Gasteiger partial charge in [0, 0.05) is 19.8 Å². The molecule has 3 rings (SSSR count). The zero-order chi connectivity index (χ0) is 21.9. The fraction of sp³-hybridized carbons (Fsp3) is 0.263. The van der Waals surface area contributed by atoms with Crippen LogP contribution in [0.5, 0.6) is 11.5 Å². The lowest BCUT2D eigenvalue weighted by atomic mass is 10.2. The topological polar surface area (TPSA) is 111 Å². The number of ether oxygens (including phenoxy) is 3. The van der Waals surface area contributed by atoms with Gasteiger partial charge in [0.2, 0.25) is 16.1 Å². The largest absolute Gasteiger partial charge is 0.485 e. The number of sulfonamides is 1. The highest BCUT2D eigenvalue weighted by atomic mass is 35.5. The molecule has 30 heavy (non-hydrogen) atoms. The van der Waals surface area contributed by atoms with E-state index in [4.69, 9.17) is 25.8 Å². The molecule has 1 amide bonds. The van der Waals surface area contributed by atoms with E-state index in [1.807, 2.05) is 0 Å². The van der Waals surface area contributed by atoms with Crippen molar-refractivity contribution < 1.29 is 32.2 Å². The Labute approximate surface area is 178 Å². The summed E-state index contributed by atoms with van der Waals surface area (Å²) < 4.78 is 41.5. The summed E-state index contributed by atoms with van der Waals surface area (Å²) in [6.07, 6.45) is -1.000. The quantitative estimate of drug-likeness (QED) is 0.663. The van der Waals surface area contributed by atoms with Crippen molar-refractivity contribution >= 4 is 39.2 Å². The number of rotatable bonds is 6. The molecule has 0 spiro atoms. The van der Waals surface area contributed by atoms with Gasteiger partial charge in [0.25, 0.3) is 5.91 Å². The monoisotopic (exact) mass is 454 g/mol. The maximum Gasteiger partial charge on any atom is 0.351 e. The maximum absolute atomic E-state index is 12.3. The first-order valence-corrected chi connectivity index (χ1v) is 10.6. The molecule has 2 aromatic carbocycles. The molecular formula is C19H19ClN2O7S. The minimum absolute atomic E-state index is 0.0165. The second kappa shape index (κ2) is 8.90. The van der Waals surface area contributed by atoms with Crippen LogP contribution in [0.4, 0.5) is 5.69 Å². The first-order chi connectivity index (χ1) is 14.2. The highest BCUT2D eigenvalue weighted by Gasteiger charge is 2.29. The van der Waals surface area contributed by atoms with E-state index in [0.29, 0.717) is 11.5 Å². The normalized spacial score (nSPS) is 15.5. The second-order valence-electron chi connectivity index (χ2n) is 6.45. The predicted octanol–water partition coefficient (Wildman–Crippen LogP) is 1.91. The summed E-state index contributed by atoms with van der Waals surface area (Å²) >= 11 is 5.97. The highest BCUT2D eigenvalue weighted by Crippen LogP contribution is 2.31. The number of esters is 1. The Morgan fingerprint density at radius 3 is 2.60 bits per heavy atom. The van der Waals surface area contributed by atoms with Crippen LogP contribution in [-0.4, -0.2) is 58.0 Å². The van der Waals surface area contributed by atoms with Crippen LogP contribution in [0.1, 0.15) is 0 Å². The number of benzene rings is 2. The number of fused-ring (bicyclic) bond motifs is 1. The summed E-state index contributed by atoms with van der Waals surface area (Å²) in [4.78, 5) is 24.1. The molecule has 2 aromatic rings. The molecule has 160 valence electrons.